The third-order valence-electron chi connectivity index (χ3n) is 2.38. The maximum atomic E-state index is 11.0. The largest absolute Gasteiger partial charge is 0.497 e. The lowest BCUT2D eigenvalue weighted by Gasteiger charge is -2.13. The van der Waals surface area contributed by atoms with Gasteiger partial charge in [0.05, 0.1) is 7.11 Å². The Balaban J connectivity index is 2.61. The summed E-state index contributed by atoms with van der Waals surface area (Å²) in [5.41, 5.74) is 0.925. The van der Waals surface area contributed by atoms with Gasteiger partial charge in [-0.1, -0.05) is 19.1 Å². The highest BCUT2D eigenvalue weighted by atomic mass is 16.5. The molecule has 0 aliphatic rings. The Labute approximate surface area is 101 Å². The highest BCUT2D eigenvalue weighted by molar-refractivity contribution is 5.72. The van der Waals surface area contributed by atoms with Crippen LogP contribution in [0, 0.1) is 0 Å². The van der Waals surface area contributed by atoms with Crippen molar-refractivity contribution < 1.29 is 19.4 Å². The maximum Gasteiger partial charge on any atom is 0.333 e. The standard InChI is InChI=1S/C13H18O4/c1-3-8-17-12(13(14)15)9-10-4-6-11(16-2)7-5-10/h4-7,12H,3,8-9H2,1-2H3,(H,14,15)/t12-/m0/s1. The molecule has 0 spiro atoms. The first-order chi connectivity index (χ1) is 8.17. The van der Waals surface area contributed by atoms with Gasteiger partial charge >= 0.3 is 5.97 Å². The van der Waals surface area contributed by atoms with Crippen molar-refractivity contribution in [1.29, 1.82) is 0 Å². The first-order valence-corrected chi connectivity index (χ1v) is 5.64. The number of benzene rings is 1. The molecule has 0 aromatic heterocycles. The van der Waals surface area contributed by atoms with Crippen molar-refractivity contribution >= 4 is 5.97 Å². The van der Waals surface area contributed by atoms with E-state index in [0.717, 1.165) is 17.7 Å². The number of carboxylic acids is 1. The summed E-state index contributed by atoms with van der Waals surface area (Å²) >= 11 is 0. The van der Waals surface area contributed by atoms with Crippen molar-refractivity contribution in [2.24, 2.45) is 0 Å². The van der Waals surface area contributed by atoms with Crippen LogP contribution in [0.2, 0.25) is 0 Å². The van der Waals surface area contributed by atoms with Gasteiger partial charge in [-0.05, 0) is 24.1 Å². The van der Waals surface area contributed by atoms with E-state index in [1.54, 1.807) is 7.11 Å². The highest BCUT2D eigenvalue weighted by Gasteiger charge is 2.18. The van der Waals surface area contributed by atoms with E-state index in [1.807, 2.05) is 31.2 Å². The second kappa shape index (κ2) is 6.91. The van der Waals surface area contributed by atoms with Gasteiger partial charge in [-0.15, -0.1) is 0 Å². The van der Waals surface area contributed by atoms with Gasteiger partial charge < -0.3 is 14.6 Å². The van der Waals surface area contributed by atoms with Crippen LogP contribution in [0.3, 0.4) is 0 Å². The van der Waals surface area contributed by atoms with E-state index >= 15 is 0 Å². The van der Waals surface area contributed by atoms with E-state index in [0.29, 0.717) is 13.0 Å². The fraction of sp³-hybridized carbons (Fsp3) is 0.462. The Morgan fingerprint density at radius 2 is 2.00 bits per heavy atom. The van der Waals surface area contributed by atoms with Gasteiger partial charge in [0.1, 0.15) is 5.75 Å². The molecule has 0 aliphatic heterocycles. The fourth-order valence-corrected chi connectivity index (χ4v) is 1.45. The monoisotopic (exact) mass is 238 g/mol. The summed E-state index contributed by atoms with van der Waals surface area (Å²) < 4.78 is 10.3. The molecule has 0 radical (unpaired) electrons. The second-order valence-electron chi connectivity index (χ2n) is 3.75. The smallest absolute Gasteiger partial charge is 0.333 e. The molecular formula is C13H18O4. The number of hydrogen-bond acceptors (Lipinski definition) is 3. The van der Waals surface area contributed by atoms with Crippen LogP contribution in [-0.2, 0) is 16.0 Å². The summed E-state index contributed by atoms with van der Waals surface area (Å²) in [6.07, 6.45) is 0.412. The second-order valence-corrected chi connectivity index (χ2v) is 3.75. The van der Waals surface area contributed by atoms with Gasteiger partial charge in [0.2, 0.25) is 0 Å². The minimum absolute atomic E-state index is 0.374. The van der Waals surface area contributed by atoms with Crippen LogP contribution >= 0.6 is 0 Å². The van der Waals surface area contributed by atoms with Crippen molar-refractivity contribution in [1.82, 2.24) is 0 Å². The minimum Gasteiger partial charge on any atom is -0.497 e. The molecule has 1 N–H and O–H groups in total. The SMILES string of the molecule is CCCO[C@@H](Cc1ccc(OC)cc1)C(=O)O. The lowest BCUT2D eigenvalue weighted by atomic mass is 10.1. The third-order valence-corrected chi connectivity index (χ3v) is 2.38. The zero-order valence-electron chi connectivity index (χ0n) is 10.2. The normalized spacial score (nSPS) is 12.1. The first-order valence-electron chi connectivity index (χ1n) is 5.64. The molecule has 0 unspecified atom stereocenters. The summed E-state index contributed by atoms with van der Waals surface area (Å²) in [7, 11) is 1.60. The number of methoxy groups -OCH3 is 1. The number of ether oxygens (including phenoxy) is 2. The van der Waals surface area contributed by atoms with Gasteiger partial charge in [-0.3, -0.25) is 0 Å². The molecular weight excluding hydrogens is 220 g/mol. The van der Waals surface area contributed by atoms with E-state index in [-0.39, 0.29) is 0 Å². The molecule has 94 valence electrons. The summed E-state index contributed by atoms with van der Waals surface area (Å²) in [5.74, 6) is -0.163. The minimum atomic E-state index is -0.922. The third kappa shape index (κ3) is 4.44. The number of hydrogen-bond donors (Lipinski definition) is 1. The summed E-state index contributed by atoms with van der Waals surface area (Å²) in [6, 6.07) is 7.33. The molecule has 0 aliphatic carbocycles. The molecule has 1 aromatic carbocycles. The lowest BCUT2D eigenvalue weighted by molar-refractivity contribution is -0.150. The highest BCUT2D eigenvalue weighted by Crippen LogP contribution is 2.13. The Hall–Kier alpha value is -1.55. The Morgan fingerprint density at radius 3 is 2.47 bits per heavy atom. The predicted octanol–water partition coefficient (Wildman–Crippen LogP) is 2.12. The Bertz CT molecular complexity index is 345. The molecule has 0 bridgehead atoms. The molecule has 4 heteroatoms. The molecule has 0 fully saturated rings. The maximum absolute atomic E-state index is 11.0. The van der Waals surface area contributed by atoms with Crippen molar-refractivity contribution in [3.63, 3.8) is 0 Å². The molecule has 1 atom stereocenters. The van der Waals surface area contributed by atoms with Crippen LogP contribution in [0.4, 0.5) is 0 Å². The molecule has 1 rings (SSSR count). The van der Waals surface area contributed by atoms with E-state index < -0.39 is 12.1 Å². The molecule has 0 amide bonds. The Kier molecular flexibility index (Phi) is 5.49. The molecule has 4 nitrogen and oxygen atoms in total. The van der Waals surface area contributed by atoms with E-state index in [1.165, 1.54) is 0 Å². The van der Waals surface area contributed by atoms with Crippen LogP contribution in [0.1, 0.15) is 18.9 Å². The van der Waals surface area contributed by atoms with Crippen LogP contribution in [-0.4, -0.2) is 30.9 Å². The van der Waals surface area contributed by atoms with Gasteiger partial charge in [0.15, 0.2) is 6.10 Å². The number of carboxylic acid groups (broad SMARTS) is 1. The van der Waals surface area contributed by atoms with Gasteiger partial charge in [0, 0.05) is 13.0 Å². The van der Waals surface area contributed by atoms with Crippen LogP contribution in [0.25, 0.3) is 0 Å². The van der Waals surface area contributed by atoms with Crippen molar-refractivity contribution in [2.45, 2.75) is 25.9 Å². The molecule has 1 aromatic rings. The molecule has 0 saturated carbocycles. The zero-order chi connectivity index (χ0) is 12.7. The van der Waals surface area contributed by atoms with E-state index in [9.17, 15) is 4.79 Å². The van der Waals surface area contributed by atoms with Crippen molar-refractivity contribution in [2.75, 3.05) is 13.7 Å². The topological polar surface area (TPSA) is 55.8 Å². The number of carbonyl (C=O) groups is 1. The summed E-state index contributed by atoms with van der Waals surface area (Å²) in [6.45, 7) is 2.42. The number of aliphatic carboxylic acids is 1. The summed E-state index contributed by atoms with van der Waals surface area (Å²) in [4.78, 5) is 11.0. The van der Waals surface area contributed by atoms with Crippen LogP contribution in [0.5, 0.6) is 5.75 Å². The van der Waals surface area contributed by atoms with Crippen molar-refractivity contribution in [3.8, 4) is 5.75 Å². The molecule has 17 heavy (non-hydrogen) atoms. The van der Waals surface area contributed by atoms with Gasteiger partial charge in [-0.25, -0.2) is 4.79 Å². The van der Waals surface area contributed by atoms with Gasteiger partial charge in [-0.2, -0.15) is 0 Å². The molecule has 0 heterocycles. The molecule has 0 saturated heterocycles. The predicted molar refractivity (Wildman–Crippen MR) is 64.4 cm³/mol. The van der Waals surface area contributed by atoms with E-state index in [2.05, 4.69) is 0 Å². The van der Waals surface area contributed by atoms with Gasteiger partial charge in [0.25, 0.3) is 0 Å². The number of rotatable bonds is 7. The van der Waals surface area contributed by atoms with Crippen LogP contribution < -0.4 is 4.74 Å². The summed E-state index contributed by atoms with van der Waals surface area (Å²) in [5, 5.41) is 9.01. The van der Waals surface area contributed by atoms with E-state index in [4.69, 9.17) is 14.6 Å². The average molecular weight is 238 g/mol. The zero-order valence-corrected chi connectivity index (χ0v) is 10.2. The quantitative estimate of drug-likeness (QED) is 0.790. The van der Waals surface area contributed by atoms with Crippen molar-refractivity contribution in [3.05, 3.63) is 29.8 Å². The Morgan fingerprint density at radius 1 is 1.35 bits per heavy atom. The van der Waals surface area contributed by atoms with Crippen LogP contribution in [0.15, 0.2) is 24.3 Å². The fourth-order valence-electron chi connectivity index (χ4n) is 1.45. The first kappa shape index (κ1) is 13.5. The average Bonchev–Trinajstić information content (AvgIpc) is 2.35. The lowest BCUT2D eigenvalue weighted by Crippen LogP contribution is -2.26.